The zero-order valence-electron chi connectivity index (χ0n) is 18.8. The summed E-state index contributed by atoms with van der Waals surface area (Å²) in [4.78, 5) is 27.7. The number of unbranched alkanes of at least 4 members (excludes halogenated alkanes) is 1. The molecule has 3 unspecified atom stereocenters. The van der Waals surface area contributed by atoms with Gasteiger partial charge in [-0.05, 0) is 57.0 Å². The van der Waals surface area contributed by atoms with E-state index in [1.54, 1.807) is 18.3 Å². The van der Waals surface area contributed by atoms with Crippen LogP contribution < -0.4 is 10.6 Å². The van der Waals surface area contributed by atoms with Gasteiger partial charge in [-0.15, -0.1) is 0 Å². The van der Waals surface area contributed by atoms with E-state index in [1.807, 2.05) is 0 Å². The molecular formula is C24H31N7O2. The molecule has 3 aromatic rings. The minimum atomic E-state index is -0.619. The van der Waals surface area contributed by atoms with Crippen molar-refractivity contribution in [2.75, 3.05) is 13.6 Å². The molecule has 4 rings (SSSR count). The van der Waals surface area contributed by atoms with Crippen molar-refractivity contribution < 1.29 is 9.59 Å². The van der Waals surface area contributed by atoms with E-state index in [-0.39, 0.29) is 11.8 Å². The molecule has 4 N–H and O–H groups in total. The Bertz CT molecular complexity index is 1000. The number of H-pyrrole nitrogens is 2. The first-order chi connectivity index (χ1) is 16.1. The van der Waals surface area contributed by atoms with E-state index in [1.165, 1.54) is 18.2 Å². The number of likely N-dealkylation sites (N-methyl/N-ethyl adjacent to an activating group) is 1. The topological polar surface area (TPSA) is 119 Å². The van der Waals surface area contributed by atoms with Crippen molar-refractivity contribution in [2.24, 2.45) is 0 Å². The first kappa shape index (κ1) is 22.7. The summed E-state index contributed by atoms with van der Waals surface area (Å²) >= 11 is 0. The van der Waals surface area contributed by atoms with Crippen molar-refractivity contribution in [3.63, 3.8) is 0 Å². The van der Waals surface area contributed by atoms with Gasteiger partial charge in [-0.1, -0.05) is 30.3 Å². The zero-order valence-corrected chi connectivity index (χ0v) is 18.8. The third kappa shape index (κ3) is 6.29. The van der Waals surface area contributed by atoms with E-state index in [0.29, 0.717) is 30.6 Å². The maximum Gasteiger partial charge on any atom is 0.269 e. The van der Waals surface area contributed by atoms with Crippen LogP contribution in [0.4, 0.5) is 0 Å². The minimum Gasteiger partial charge on any atom is -0.349 e. The quantitative estimate of drug-likeness (QED) is 0.316. The monoisotopic (exact) mass is 449 g/mol. The van der Waals surface area contributed by atoms with Crippen LogP contribution in [0.3, 0.4) is 0 Å². The number of rotatable bonds is 12. The summed E-state index contributed by atoms with van der Waals surface area (Å²) in [6.07, 6.45) is 6.70. The summed E-state index contributed by atoms with van der Waals surface area (Å²) < 4.78 is 0. The summed E-state index contributed by atoms with van der Waals surface area (Å²) in [5.74, 6) is 0.0676. The van der Waals surface area contributed by atoms with E-state index in [2.05, 4.69) is 73.3 Å². The van der Waals surface area contributed by atoms with Crippen LogP contribution in [-0.4, -0.2) is 62.8 Å². The first-order valence-corrected chi connectivity index (χ1v) is 11.4. The summed E-state index contributed by atoms with van der Waals surface area (Å²) in [6, 6.07) is 14.0. The Morgan fingerprint density at radius 1 is 1.09 bits per heavy atom. The normalized spacial score (nSPS) is 18.1. The van der Waals surface area contributed by atoms with Crippen LogP contribution in [0.1, 0.15) is 53.3 Å². The van der Waals surface area contributed by atoms with Crippen molar-refractivity contribution in [3.8, 4) is 0 Å². The number of nitrogens with zero attached hydrogens (tertiary/aromatic N) is 3. The van der Waals surface area contributed by atoms with Crippen LogP contribution >= 0.6 is 0 Å². The molecule has 174 valence electrons. The summed E-state index contributed by atoms with van der Waals surface area (Å²) in [6.45, 7) is 1.30. The smallest absolute Gasteiger partial charge is 0.269 e. The van der Waals surface area contributed by atoms with Gasteiger partial charge in [0.1, 0.15) is 11.7 Å². The fourth-order valence-corrected chi connectivity index (χ4v) is 4.18. The molecule has 2 heterocycles. The molecule has 1 aliphatic carbocycles. The lowest BCUT2D eigenvalue weighted by atomic mass is 10.1. The Morgan fingerprint density at radius 2 is 1.88 bits per heavy atom. The molecule has 2 aromatic heterocycles. The van der Waals surface area contributed by atoms with Gasteiger partial charge < -0.3 is 15.5 Å². The summed E-state index contributed by atoms with van der Waals surface area (Å²) in [5.41, 5.74) is 2.55. The molecule has 1 saturated carbocycles. The maximum atomic E-state index is 12.8. The molecule has 0 radical (unpaired) electrons. The van der Waals surface area contributed by atoms with Crippen molar-refractivity contribution >= 4 is 11.8 Å². The number of hydrogen-bond donors (Lipinski definition) is 4. The Labute approximate surface area is 193 Å². The number of hydrogen-bond acceptors (Lipinski definition) is 5. The van der Waals surface area contributed by atoms with Crippen molar-refractivity contribution in [1.82, 2.24) is 35.9 Å². The van der Waals surface area contributed by atoms with Gasteiger partial charge in [0.05, 0.1) is 12.2 Å². The highest BCUT2D eigenvalue weighted by Gasteiger charge is 2.40. The molecule has 0 bridgehead atoms. The zero-order chi connectivity index (χ0) is 23.0. The van der Waals surface area contributed by atoms with Crippen LogP contribution in [0.5, 0.6) is 0 Å². The summed E-state index contributed by atoms with van der Waals surface area (Å²) in [7, 11) is 2.17. The van der Waals surface area contributed by atoms with Gasteiger partial charge in [-0.25, -0.2) is 0 Å². The second-order valence-electron chi connectivity index (χ2n) is 8.59. The average molecular weight is 450 g/mol. The first-order valence-electron chi connectivity index (χ1n) is 11.4. The van der Waals surface area contributed by atoms with Crippen molar-refractivity contribution in [2.45, 2.75) is 50.2 Å². The number of carbonyl (C=O) groups is 2. The largest absolute Gasteiger partial charge is 0.349 e. The number of aromatic nitrogens is 4. The maximum absolute atomic E-state index is 12.8. The third-order valence-electron chi connectivity index (χ3n) is 6.18. The minimum absolute atomic E-state index is 0.211. The van der Waals surface area contributed by atoms with E-state index in [9.17, 15) is 9.59 Å². The number of amides is 2. The fraction of sp³-hybridized carbons (Fsp3) is 0.417. The molecule has 9 nitrogen and oxygen atoms in total. The standard InChI is InChI=1S/C24H31N7O2/c1-31(22-15-19(22)17-7-3-2-4-8-17)14-6-5-9-20(28-24(33)21-11-13-27-30-21)23(32)25-16-18-10-12-26-29-18/h2-4,7-8,10-13,19-20,22H,5-6,9,14-16H2,1H3,(H,25,32)(H,26,29)(H,27,30)(H,28,33). The second kappa shape index (κ2) is 10.9. The Hall–Kier alpha value is -3.46. The number of carbonyl (C=O) groups excluding carboxylic acids is 2. The van der Waals surface area contributed by atoms with E-state index >= 15 is 0 Å². The van der Waals surface area contributed by atoms with Crippen molar-refractivity contribution in [3.05, 3.63) is 71.8 Å². The highest BCUT2D eigenvalue weighted by atomic mass is 16.2. The molecular weight excluding hydrogens is 418 g/mol. The van der Waals surface area contributed by atoms with Gasteiger partial charge in [0.25, 0.3) is 5.91 Å². The van der Waals surface area contributed by atoms with Gasteiger partial charge in [-0.2, -0.15) is 10.2 Å². The van der Waals surface area contributed by atoms with Crippen LogP contribution in [0.25, 0.3) is 0 Å². The molecule has 0 saturated heterocycles. The molecule has 2 amide bonds. The molecule has 9 heteroatoms. The highest BCUT2D eigenvalue weighted by molar-refractivity contribution is 5.95. The molecule has 1 aliphatic rings. The fourth-order valence-electron chi connectivity index (χ4n) is 4.18. The predicted molar refractivity (Wildman–Crippen MR) is 124 cm³/mol. The molecule has 3 atom stereocenters. The van der Waals surface area contributed by atoms with Gasteiger partial charge in [0.2, 0.25) is 5.91 Å². The van der Waals surface area contributed by atoms with Crippen molar-refractivity contribution in [1.29, 1.82) is 0 Å². The second-order valence-corrected chi connectivity index (χ2v) is 8.59. The lowest BCUT2D eigenvalue weighted by Crippen LogP contribution is -2.46. The van der Waals surface area contributed by atoms with E-state index < -0.39 is 6.04 Å². The third-order valence-corrected chi connectivity index (χ3v) is 6.18. The lowest BCUT2D eigenvalue weighted by Gasteiger charge is -2.20. The van der Waals surface area contributed by atoms with Gasteiger partial charge in [0, 0.05) is 24.4 Å². The Morgan fingerprint density at radius 3 is 2.61 bits per heavy atom. The Kier molecular flexibility index (Phi) is 7.51. The van der Waals surface area contributed by atoms with Gasteiger partial charge in [0.15, 0.2) is 0 Å². The SMILES string of the molecule is CN(CCCCC(NC(=O)c1ccn[nH]1)C(=O)NCc1ccn[nH]1)C1CC1c1ccccc1. The predicted octanol–water partition coefficient (Wildman–Crippen LogP) is 2.21. The van der Waals surface area contributed by atoms with Gasteiger partial charge >= 0.3 is 0 Å². The lowest BCUT2D eigenvalue weighted by molar-refractivity contribution is -0.123. The molecule has 1 fully saturated rings. The number of aromatic amines is 2. The summed E-state index contributed by atoms with van der Waals surface area (Å²) in [5, 5.41) is 18.9. The van der Waals surface area contributed by atoms with Crippen LogP contribution in [0, 0.1) is 0 Å². The molecule has 1 aromatic carbocycles. The van der Waals surface area contributed by atoms with E-state index in [4.69, 9.17) is 0 Å². The highest BCUT2D eigenvalue weighted by Crippen LogP contribution is 2.44. The van der Waals surface area contributed by atoms with Crippen LogP contribution in [-0.2, 0) is 11.3 Å². The Balaban J connectivity index is 1.24. The average Bonchev–Trinajstić information content (AvgIpc) is 3.20. The molecule has 0 aliphatic heterocycles. The number of benzene rings is 1. The van der Waals surface area contributed by atoms with Crippen LogP contribution in [0.2, 0.25) is 0 Å². The van der Waals surface area contributed by atoms with Crippen LogP contribution in [0.15, 0.2) is 54.9 Å². The van der Waals surface area contributed by atoms with Gasteiger partial charge in [-0.3, -0.25) is 19.8 Å². The number of nitrogens with one attached hydrogen (secondary N) is 4. The molecule has 0 spiro atoms. The van der Waals surface area contributed by atoms with E-state index in [0.717, 1.165) is 25.1 Å². The molecule has 33 heavy (non-hydrogen) atoms.